The lowest BCUT2D eigenvalue weighted by Crippen LogP contribution is -2.23. The number of hydrogen-bond acceptors (Lipinski definition) is 2. The van der Waals surface area contributed by atoms with E-state index in [9.17, 15) is 0 Å². The van der Waals surface area contributed by atoms with Crippen LogP contribution in [0.25, 0.3) is 0 Å². The quantitative estimate of drug-likeness (QED) is 0.797. The normalized spacial score (nSPS) is 15.1. The van der Waals surface area contributed by atoms with Crippen molar-refractivity contribution in [3.05, 3.63) is 34.4 Å². The van der Waals surface area contributed by atoms with Gasteiger partial charge in [-0.3, -0.25) is 0 Å². The summed E-state index contributed by atoms with van der Waals surface area (Å²) < 4.78 is 0. The van der Waals surface area contributed by atoms with Crippen LogP contribution in [0.5, 0.6) is 0 Å². The van der Waals surface area contributed by atoms with Crippen LogP contribution in [0.3, 0.4) is 0 Å². The molecule has 2 nitrogen and oxygen atoms in total. The van der Waals surface area contributed by atoms with Gasteiger partial charge in [0.15, 0.2) is 0 Å². The van der Waals surface area contributed by atoms with E-state index in [4.69, 9.17) is 11.5 Å². The van der Waals surface area contributed by atoms with E-state index in [0.717, 1.165) is 6.42 Å². The molecule has 0 spiro atoms. The van der Waals surface area contributed by atoms with E-state index >= 15 is 0 Å². The Bertz CT molecular complexity index is 343. The number of nitrogens with two attached hydrogens (primary N) is 2. The molecule has 2 heteroatoms. The topological polar surface area (TPSA) is 52.0 Å². The lowest BCUT2D eigenvalue weighted by molar-refractivity contribution is 0.566. The highest BCUT2D eigenvalue weighted by Crippen LogP contribution is 2.22. The van der Waals surface area contributed by atoms with E-state index in [-0.39, 0.29) is 12.1 Å². The largest absolute Gasteiger partial charge is 0.328 e. The molecule has 0 bridgehead atoms. The Balaban J connectivity index is 2.98. The highest BCUT2D eigenvalue weighted by Gasteiger charge is 2.11. The molecular weight excluding hydrogens is 184 g/mol. The van der Waals surface area contributed by atoms with Crippen LogP contribution in [0, 0.1) is 20.8 Å². The van der Waals surface area contributed by atoms with Crippen molar-refractivity contribution in [2.45, 2.75) is 46.2 Å². The fourth-order valence-corrected chi connectivity index (χ4v) is 1.91. The zero-order valence-electron chi connectivity index (χ0n) is 10.2. The summed E-state index contributed by atoms with van der Waals surface area (Å²) in [5.41, 5.74) is 17.0. The van der Waals surface area contributed by atoms with Crippen molar-refractivity contribution in [2.75, 3.05) is 0 Å². The van der Waals surface area contributed by atoms with Crippen LogP contribution in [0.2, 0.25) is 0 Å². The van der Waals surface area contributed by atoms with Crippen LogP contribution in [-0.2, 0) is 0 Å². The van der Waals surface area contributed by atoms with E-state index in [2.05, 4.69) is 32.9 Å². The summed E-state index contributed by atoms with van der Waals surface area (Å²) in [5, 5.41) is 0. The molecule has 0 radical (unpaired) electrons. The second-order valence-corrected chi connectivity index (χ2v) is 4.61. The van der Waals surface area contributed by atoms with Crippen molar-refractivity contribution in [1.29, 1.82) is 0 Å². The van der Waals surface area contributed by atoms with Crippen molar-refractivity contribution in [3.8, 4) is 0 Å². The molecule has 1 rings (SSSR count). The van der Waals surface area contributed by atoms with Crippen molar-refractivity contribution < 1.29 is 0 Å². The van der Waals surface area contributed by atoms with Gasteiger partial charge in [0.1, 0.15) is 0 Å². The highest BCUT2D eigenvalue weighted by molar-refractivity contribution is 5.38. The molecule has 0 saturated carbocycles. The third kappa shape index (κ3) is 3.05. The lowest BCUT2D eigenvalue weighted by Gasteiger charge is -2.18. The molecule has 0 fully saturated rings. The van der Waals surface area contributed by atoms with Gasteiger partial charge in [-0.25, -0.2) is 0 Å². The minimum absolute atomic E-state index is 0.0595. The number of rotatable bonds is 3. The maximum Gasteiger partial charge on any atom is 0.0312 e. The van der Waals surface area contributed by atoms with E-state index in [1.54, 1.807) is 0 Å². The lowest BCUT2D eigenvalue weighted by atomic mass is 9.93. The SMILES string of the molecule is Cc1cc(C)c(C(N)CC(C)N)cc1C. The summed E-state index contributed by atoms with van der Waals surface area (Å²) >= 11 is 0. The maximum absolute atomic E-state index is 6.14. The van der Waals surface area contributed by atoms with Gasteiger partial charge in [-0.1, -0.05) is 12.1 Å². The maximum atomic E-state index is 6.14. The highest BCUT2D eigenvalue weighted by atomic mass is 14.7. The zero-order chi connectivity index (χ0) is 11.6. The molecule has 0 aliphatic carbocycles. The third-order valence-electron chi connectivity index (χ3n) is 2.91. The van der Waals surface area contributed by atoms with E-state index in [1.807, 2.05) is 6.92 Å². The van der Waals surface area contributed by atoms with E-state index in [1.165, 1.54) is 22.3 Å². The third-order valence-corrected chi connectivity index (χ3v) is 2.91. The molecule has 0 amide bonds. The second kappa shape index (κ2) is 4.77. The molecule has 1 aromatic carbocycles. The fraction of sp³-hybridized carbons (Fsp3) is 0.538. The predicted molar refractivity (Wildman–Crippen MR) is 65.8 cm³/mol. The average molecular weight is 206 g/mol. The minimum atomic E-state index is 0.0595. The summed E-state index contributed by atoms with van der Waals surface area (Å²) in [7, 11) is 0. The number of benzene rings is 1. The zero-order valence-corrected chi connectivity index (χ0v) is 10.2. The van der Waals surface area contributed by atoms with Crippen molar-refractivity contribution >= 4 is 0 Å². The van der Waals surface area contributed by atoms with Crippen LogP contribution in [0.4, 0.5) is 0 Å². The monoisotopic (exact) mass is 206 g/mol. The Morgan fingerprint density at radius 3 is 2.07 bits per heavy atom. The Labute approximate surface area is 92.7 Å². The van der Waals surface area contributed by atoms with Crippen LogP contribution < -0.4 is 11.5 Å². The first-order valence-electron chi connectivity index (χ1n) is 5.50. The van der Waals surface area contributed by atoms with Gasteiger partial charge in [0.25, 0.3) is 0 Å². The Hall–Kier alpha value is -0.860. The molecular formula is C13H22N2. The summed E-state index contributed by atoms with van der Waals surface area (Å²) in [6.07, 6.45) is 0.837. The van der Waals surface area contributed by atoms with Crippen molar-refractivity contribution in [3.63, 3.8) is 0 Å². The molecule has 0 aliphatic rings. The Morgan fingerprint density at radius 1 is 1.00 bits per heavy atom. The fourth-order valence-electron chi connectivity index (χ4n) is 1.91. The average Bonchev–Trinajstić information content (AvgIpc) is 2.09. The standard InChI is InChI=1S/C13H22N2/c1-8-5-10(3)12(6-9(8)2)13(15)7-11(4)14/h5-6,11,13H,7,14-15H2,1-4H3. The van der Waals surface area contributed by atoms with Crippen molar-refractivity contribution in [2.24, 2.45) is 11.5 Å². The molecule has 0 heterocycles. The van der Waals surface area contributed by atoms with E-state index in [0.29, 0.717) is 0 Å². The second-order valence-electron chi connectivity index (χ2n) is 4.61. The van der Waals surface area contributed by atoms with Crippen molar-refractivity contribution in [1.82, 2.24) is 0 Å². The van der Waals surface area contributed by atoms with Crippen LogP contribution in [-0.4, -0.2) is 6.04 Å². The van der Waals surface area contributed by atoms with Gasteiger partial charge in [-0.05, 0) is 56.4 Å². The summed E-state index contributed by atoms with van der Waals surface area (Å²) in [6, 6.07) is 4.61. The van der Waals surface area contributed by atoms with Gasteiger partial charge in [0, 0.05) is 12.1 Å². The van der Waals surface area contributed by atoms with Gasteiger partial charge in [-0.2, -0.15) is 0 Å². The minimum Gasteiger partial charge on any atom is -0.328 e. The Kier molecular flexibility index (Phi) is 3.89. The van der Waals surface area contributed by atoms with E-state index < -0.39 is 0 Å². The molecule has 0 aromatic heterocycles. The summed E-state index contributed by atoms with van der Waals surface area (Å²) in [4.78, 5) is 0. The van der Waals surface area contributed by atoms with Gasteiger partial charge >= 0.3 is 0 Å². The number of aryl methyl sites for hydroxylation is 3. The predicted octanol–water partition coefficient (Wildman–Crippen LogP) is 2.35. The smallest absolute Gasteiger partial charge is 0.0312 e. The van der Waals surface area contributed by atoms with Crippen LogP contribution in [0.15, 0.2) is 12.1 Å². The van der Waals surface area contributed by atoms with Gasteiger partial charge in [-0.15, -0.1) is 0 Å². The molecule has 0 aliphatic heterocycles. The first-order valence-corrected chi connectivity index (χ1v) is 5.50. The number of hydrogen-bond donors (Lipinski definition) is 2. The van der Waals surface area contributed by atoms with Crippen LogP contribution in [0.1, 0.15) is 41.6 Å². The molecule has 4 N–H and O–H groups in total. The van der Waals surface area contributed by atoms with Gasteiger partial charge in [0.05, 0.1) is 0 Å². The molecule has 84 valence electrons. The van der Waals surface area contributed by atoms with Crippen LogP contribution >= 0.6 is 0 Å². The molecule has 0 saturated heterocycles. The first-order chi connectivity index (χ1) is 6.91. The summed E-state index contributed by atoms with van der Waals surface area (Å²) in [6.45, 7) is 8.36. The summed E-state index contributed by atoms with van der Waals surface area (Å²) in [5.74, 6) is 0. The molecule has 15 heavy (non-hydrogen) atoms. The molecule has 2 unspecified atom stereocenters. The Morgan fingerprint density at radius 2 is 1.53 bits per heavy atom. The first kappa shape index (κ1) is 12.2. The van der Waals surface area contributed by atoms with Gasteiger partial charge < -0.3 is 11.5 Å². The van der Waals surface area contributed by atoms with Gasteiger partial charge in [0.2, 0.25) is 0 Å². The molecule has 1 aromatic rings. The molecule has 2 atom stereocenters.